The summed E-state index contributed by atoms with van der Waals surface area (Å²) in [6, 6.07) is 11.6. The van der Waals surface area contributed by atoms with Crippen LogP contribution in [0.25, 0.3) is 0 Å². The molecule has 52 heavy (non-hydrogen) atoms. The number of carbonyl (C=O) groups excluding carboxylic acids is 1. The molecule has 4 rings (SSSR count). The molecule has 2 aliphatic rings. The topological polar surface area (TPSA) is 226 Å². The number of fused-ring (bicyclic) bond motifs is 1. The highest BCUT2D eigenvalue weighted by Crippen LogP contribution is 2.41. The van der Waals surface area contributed by atoms with Crippen molar-refractivity contribution in [1.29, 1.82) is 0 Å². The maximum Gasteiger partial charge on any atom is 0.407 e. The second-order valence-electron chi connectivity index (χ2n) is 12.7. The third-order valence-electron chi connectivity index (χ3n) is 8.19. The van der Waals surface area contributed by atoms with E-state index in [0.29, 0.717) is 30.1 Å². The first-order valence-corrected chi connectivity index (χ1v) is 19.9. The number of carbonyl (C=O) groups is 2. The number of hydrogen-bond donors (Lipinski definition) is 4. The standard InChI is InChI=1S/C33H47N2O15PS/c1-22(2)17-35(52(42,43)26-10-8-24(44-3)9-11-26)18-29(36)28(34-33(39)50-30-19-48-32-27(30)12-13-47-32)16-23-4-6-25(7-5-23)46-15-14-45-21-51(40,41)49-20-31(37)38/h4-11,22,27-30,32,36H,12-21H2,1-3H3,(H,34,39)(H,37,38)(H,40,41)/t27-,28-,29+,30-,32+/m0/s1. The lowest BCUT2D eigenvalue weighted by molar-refractivity contribution is -0.139. The van der Waals surface area contributed by atoms with Crippen LogP contribution in [0.2, 0.25) is 0 Å². The number of aliphatic hydroxyl groups is 1. The number of aliphatic hydroxyl groups excluding tert-OH is 1. The van der Waals surface area contributed by atoms with E-state index in [0.717, 1.165) is 0 Å². The number of sulfonamides is 1. The molecule has 0 aliphatic carbocycles. The summed E-state index contributed by atoms with van der Waals surface area (Å²) in [4.78, 5) is 33.3. The van der Waals surface area contributed by atoms with E-state index in [1.807, 2.05) is 13.8 Å². The molecule has 2 heterocycles. The van der Waals surface area contributed by atoms with Gasteiger partial charge in [0.15, 0.2) is 12.9 Å². The molecule has 0 spiro atoms. The van der Waals surface area contributed by atoms with Crippen molar-refractivity contribution in [1.82, 2.24) is 9.62 Å². The summed E-state index contributed by atoms with van der Waals surface area (Å²) in [6.07, 6.45) is -3.08. The lowest BCUT2D eigenvalue weighted by atomic mass is 10.0. The average Bonchev–Trinajstić information content (AvgIpc) is 3.72. The molecule has 2 fully saturated rings. The Labute approximate surface area is 302 Å². The van der Waals surface area contributed by atoms with Gasteiger partial charge in [0.25, 0.3) is 0 Å². The Kier molecular flexibility index (Phi) is 15.3. The van der Waals surface area contributed by atoms with Crippen LogP contribution in [0.4, 0.5) is 4.79 Å². The summed E-state index contributed by atoms with van der Waals surface area (Å²) < 4.78 is 77.6. The number of benzene rings is 2. The van der Waals surface area contributed by atoms with Crippen LogP contribution in [0.15, 0.2) is 53.4 Å². The number of ether oxygens (including phenoxy) is 6. The van der Waals surface area contributed by atoms with Crippen molar-refractivity contribution >= 4 is 29.7 Å². The number of carboxylic acid groups (broad SMARTS) is 1. The molecule has 2 saturated heterocycles. The maximum atomic E-state index is 13.8. The van der Waals surface area contributed by atoms with E-state index in [4.69, 9.17) is 33.5 Å². The SMILES string of the molecule is COc1ccc(S(=O)(=O)N(CC(C)C)C[C@@H](O)[C@H](Cc2ccc(OCCOCP(=O)(O)OCC(=O)O)cc2)NC(=O)O[C@H]2CO[C@H]3OCC[C@H]32)cc1. The van der Waals surface area contributed by atoms with Crippen molar-refractivity contribution in [3.63, 3.8) is 0 Å². The first kappa shape index (κ1) is 41.4. The zero-order valence-corrected chi connectivity index (χ0v) is 30.9. The van der Waals surface area contributed by atoms with Crippen LogP contribution < -0.4 is 14.8 Å². The Morgan fingerprint density at radius 1 is 1.04 bits per heavy atom. The van der Waals surface area contributed by atoms with E-state index in [1.165, 1.54) is 35.7 Å². The highest BCUT2D eigenvalue weighted by molar-refractivity contribution is 7.89. The minimum absolute atomic E-state index is 0.000853. The van der Waals surface area contributed by atoms with E-state index in [2.05, 4.69) is 9.84 Å². The highest BCUT2D eigenvalue weighted by atomic mass is 32.2. The number of methoxy groups -OCH3 is 1. The molecular formula is C33H47N2O15PS. The Balaban J connectivity index is 1.42. The van der Waals surface area contributed by atoms with Gasteiger partial charge >= 0.3 is 19.7 Å². The van der Waals surface area contributed by atoms with E-state index >= 15 is 0 Å². The largest absolute Gasteiger partial charge is 0.497 e. The van der Waals surface area contributed by atoms with Crippen LogP contribution in [0, 0.1) is 11.8 Å². The average molecular weight is 775 g/mol. The van der Waals surface area contributed by atoms with Crippen LogP contribution in [0.3, 0.4) is 0 Å². The monoisotopic (exact) mass is 774 g/mol. The Morgan fingerprint density at radius 2 is 1.73 bits per heavy atom. The molecule has 4 N–H and O–H groups in total. The molecule has 1 amide bonds. The quantitative estimate of drug-likeness (QED) is 0.106. The van der Waals surface area contributed by atoms with Crippen LogP contribution in [-0.2, 0) is 49.3 Å². The van der Waals surface area contributed by atoms with Crippen molar-refractivity contribution in [2.24, 2.45) is 11.8 Å². The number of hydrogen-bond acceptors (Lipinski definition) is 13. The highest BCUT2D eigenvalue weighted by Gasteiger charge is 2.44. The molecule has 1 unspecified atom stereocenters. The second-order valence-corrected chi connectivity index (χ2v) is 16.4. The number of rotatable bonds is 21. The molecule has 0 bridgehead atoms. The molecule has 2 aromatic rings. The van der Waals surface area contributed by atoms with Crippen LogP contribution in [0.1, 0.15) is 25.8 Å². The number of carboxylic acids is 1. The van der Waals surface area contributed by atoms with Gasteiger partial charge in [-0.05, 0) is 60.7 Å². The number of aliphatic carboxylic acids is 1. The fourth-order valence-corrected chi connectivity index (χ4v) is 8.00. The van der Waals surface area contributed by atoms with Crippen molar-refractivity contribution in [3.05, 3.63) is 54.1 Å². The van der Waals surface area contributed by atoms with Gasteiger partial charge in [-0.15, -0.1) is 0 Å². The van der Waals surface area contributed by atoms with E-state index in [1.54, 1.807) is 24.3 Å². The summed E-state index contributed by atoms with van der Waals surface area (Å²) in [5, 5.41) is 22.9. The van der Waals surface area contributed by atoms with Gasteiger partial charge in [0.05, 0.1) is 49.9 Å². The van der Waals surface area contributed by atoms with Gasteiger partial charge in [0.1, 0.15) is 30.6 Å². The normalized spacial score (nSPS) is 20.9. The molecule has 2 aromatic carbocycles. The lowest BCUT2D eigenvalue weighted by Gasteiger charge is -2.31. The van der Waals surface area contributed by atoms with Gasteiger partial charge in [-0.1, -0.05) is 26.0 Å². The maximum absolute atomic E-state index is 13.8. The predicted molar refractivity (Wildman–Crippen MR) is 183 cm³/mol. The van der Waals surface area contributed by atoms with E-state index < -0.39 is 67.2 Å². The summed E-state index contributed by atoms with van der Waals surface area (Å²) in [5.41, 5.74) is 0.673. The number of alkyl carbamates (subject to hydrolysis) is 1. The summed E-state index contributed by atoms with van der Waals surface area (Å²) >= 11 is 0. The molecule has 2 aliphatic heterocycles. The third-order valence-corrected chi connectivity index (χ3v) is 11.1. The second kappa shape index (κ2) is 19.1. The van der Waals surface area contributed by atoms with Crippen LogP contribution in [0.5, 0.6) is 11.5 Å². The summed E-state index contributed by atoms with van der Waals surface area (Å²) in [6.45, 7) is 3.14. The van der Waals surface area contributed by atoms with Crippen molar-refractivity contribution in [2.75, 3.05) is 59.6 Å². The smallest absolute Gasteiger partial charge is 0.407 e. The van der Waals surface area contributed by atoms with Crippen molar-refractivity contribution in [3.8, 4) is 11.5 Å². The number of nitrogens with zero attached hydrogens (tertiary/aromatic N) is 1. The molecule has 19 heteroatoms. The van der Waals surface area contributed by atoms with Crippen LogP contribution in [-0.4, -0.2) is 124 Å². The van der Waals surface area contributed by atoms with Crippen LogP contribution >= 0.6 is 7.60 Å². The van der Waals surface area contributed by atoms with E-state index in [-0.39, 0.29) is 56.1 Å². The molecular weight excluding hydrogens is 727 g/mol. The Bertz CT molecular complexity index is 1610. The van der Waals surface area contributed by atoms with Gasteiger partial charge in [-0.25, -0.2) is 18.0 Å². The van der Waals surface area contributed by atoms with Crippen molar-refractivity contribution in [2.45, 2.75) is 56.1 Å². The third kappa shape index (κ3) is 12.4. The fourth-order valence-electron chi connectivity index (χ4n) is 5.63. The zero-order chi connectivity index (χ0) is 37.9. The van der Waals surface area contributed by atoms with E-state index in [9.17, 15) is 32.6 Å². The summed E-state index contributed by atoms with van der Waals surface area (Å²) in [5.74, 6) is -0.670. The molecule has 0 saturated carbocycles. The number of nitrogens with one attached hydrogen (secondary N) is 1. The minimum atomic E-state index is -4.23. The fraction of sp³-hybridized carbons (Fsp3) is 0.576. The number of amides is 1. The molecule has 0 aromatic heterocycles. The first-order chi connectivity index (χ1) is 24.7. The lowest BCUT2D eigenvalue weighted by Crippen LogP contribution is -2.51. The Hall–Kier alpha value is -3.32. The predicted octanol–water partition coefficient (Wildman–Crippen LogP) is 2.44. The molecule has 6 atom stereocenters. The summed E-state index contributed by atoms with van der Waals surface area (Å²) in [7, 11) is -6.81. The molecule has 17 nitrogen and oxygen atoms in total. The van der Waals surface area contributed by atoms with Crippen molar-refractivity contribution < 1.29 is 70.6 Å². The van der Waals surface area contributed by atoms with Gasteiger partial charge in [0.2, 0.25) is 10.0 Å². The Morgan fingerprint density at radius 3 is 2.38 bits per heavy atom. The first-order valence-electron chi connectivity index (χ1n) is 16.7. The molecule has 0 radical (unpaired) electrons. The minimum Gasteiger partial charge on any atom is -0.497 e. The van der Waals surface area contributed by atoms with Gasteiger partial charge in [0, 0.05) is 13.1 Å². The van der Waals surface area contributed by atoms with Gasteiger partial charge in [-0.2, -0.15) is 4.31 Å². The van der Waals surface area contributed by atoms with Gasteiger partial charge in [-0.3, -0.25) is 9.09 Å². The zero-order valence-electron chi connectivity index (χ0n) is 29.2. The van der Waals surface area contributed by atoms with Gasteiger partial charge < -0.3 is 48.8 Å². The molecule has 290 valence electrons.